The minimum Gasteiger partial charge on any atom is -0.378 e. The van der Waals surface area contributed by atoms with Crippen LogP contribution in [0.4, 0.5) is 17.1 Å². The van der Waals surface area contributed by atoms with Crippen molar-refractivity contribution in [3.63, 3.8) is 0 Å². The Bertz CT molecular complexity index is 811. The highest BCUT2D eigenvalue weighted by Gasteiger charge is 2.11. The number of thiazole rings is 1. The average molecular weight is 343 g/mol. The Labute approximate surface area is 144 Å². The van der Waals surface area contributed by atoms with Gasteiger partial charge >= 0.3 is 0 Å². The Balaban J connectivity index is 1.92. The van der Waals surface area contributed by atoms with Gasteiger partial charge in [-0.3, -0.25) is 0 Å². The van der Waals surface area contributed by atoms with E-state index in [0.717, 1.165) is 21.9 Å². The zero-order chi connectivity index (χ0) is 16.2. The average Bonchev–Trinajstić information content (AvgIpc) is 3.07. The van der Waals surface area contributed by atoms with E-state index in [-0.39, 0.29) is 0 Å². The van der Waals surface area contributed by atoms with Gasteiger partial charge < -0.3 is 4.90 Å². The van der Waals surface area contributed by atoms with Crippen LogP contribution in [0.25, 0.3) is 10.6 Å². The van der Waals surface area contributed by atoms with E-state index in [4.69, 9.17) is 11.6 Å². The number of halogens is 1. The molecule has 23 heavy (non-hydrogen) atoms. The summed E-state index contributed by atoms with van der Waals surface area (Å²) >= 11 is 7.85. The highest BCUT2D eigenvalue weighted by Crippen LogP contribution is 2.38. The van der Waals surface area contributed by atoms with Gasteiger partial charge in [0.05, 0.1) is 22.0 Å². The molecule has 0 atom stereocenters. The third-order valence-corrected chi connectivity index (χ3v) is 4.38. The third-order valence-electron chi connectivity index (χ3n) is 3.28. The van der Waals surface area contributed by atoms with Crippen molar-refractivity contribution >= 4 is 40.0 Å². The molecule has 0 aliphatic heterocycles. The van der Waals surface area contributed by atoms with Crippen molar-refractivity contribution in [1.82, 2.24) is 4.98 Å². The predicted octanol–water partition coefficient (Wildman–Crippen LogP) is 5.94. The first kappa shape index (κ1) is 15.6. The molecule has 0 aliphatic rings. The van der Waals surface area contributed by atoms with Crippen LogP contribution in [0.5, 0.6) is 0 Å². The molecule has 6 heteroatoms. The fourth-order valence-electron chi connectivity index (χ4n) is 2.08. The first-order chi connectivity index (χ1) is 11.1. The number of hydrogen-bond acceptors (Lipinski definition) is 5. The van der Waals surface area contributed by atoms with Gasteiger partial charge in [-0.15, -0.1) is 16.5 Å². The number of nitrogens with zero attached hydrogens (tertiary/aromatic N) is 4. The maximum absolute atomic E-state index is 6.32. The predicted molar refractivity (Wildman–Crippen MR) is 97.5 cm³/mol. The molecule has 0 bridgehead atoms. The second-order valence-corrected chi connectivity index (χ2v) is 6.38. The quantitative estimate of drug-likeness (QED) is 0.550. The zero-order valence-electron chi connectivity index (χ0n) is 12.8. The molecule has 0 saturated carbocycles. The molecular formula is C17H15ClN4S. The van der Waals surface area contributed by atoms with E-state index in [9.17, 15) is 0 Å². The van der Waals surface area contributed by atoms with Gasteiger partial charge in [0.2, 0.25) is 0 Å². The lowest BCUT2D eigenvalue weighted by atomic mass is 10.2. The number of anilines is 1. The van der Waals surface area contributed by atoms with Crippen LogP contribution in [0.3, 0.4) is 0 Å². The van der Waals surface area contributed by atoms with Gasteiger partial charge in [0.1, 0.15) is 5.01 Å². The Morgan fingerprint density at radius 1 is 1.04 bits per heavy atom. The summed E-state index contributed by atoms with van der Waals surface area (Å²) < 4.78 is 0. The summed E-state index contributed by atoms with van der Waals surface area (Å²) in [5.74, 6) is 0. The molecule has 0 amide bonds. The van der Waals surface area contributed by atoms with Crippen LogP contribution in [0, 0.1) is 0 Å². The highest BCUT2D eigenvalue weighted by molar-refractivity contribution is 7.13. The number of aromatic nitrogens is 1. The van der Waals surface area contributed by atoms with E-state index < -0.39 is 0 Å². The largest absolute Gasteiger partial charge is 0.378 e. The Morgan fingerprint density at radius 2 is 1.83 bits per heavy atom. The summed E-state index contributed by atoms with van der Waals surface area (Å²) in [5.41, 5.74) is 3.44. The second-order valence-electron chi connectivity index (χ2n) is 5.08. The molecular weight excluding hydrogens is 328 g/mol. The van der Waals surface area contributed by atoms with Crippen LogP contribution in [0.1, 0.15) is 0 Å². The first-order valence-electron chi connectivity index (χ1n) is 7.02. The van der Waals surface area contributed by atoms with Crippen LogP contribution >= 0.6 is 22.9 Å². The van der Waals surface area contributed by atoms with Gasteiger partial charge in [0.25, 0.3) is 0 Å². The van der Waals surface area contributed by atoms with Gasteiger partial charge in [-0.2, -0.15) is 5.11 Å². The molecule has 0 aliphatic carbocycles. The van der Waals surface area contributed by atoms with Crippen LogP contribution in [0.15, 0.2) is 64.3 Å². The lowest BCUT2D eigenvalue weighted by Gasteiger charge is -2.11. The monoisotopic (exact) mass is 342 g/mol. The summed E-state index contributed by atoms with van der Waals surface area (Å²) in [6.45, 7) is 0. The maximum Gasteiger partial charge on any atom is 0.127 e. The smallest absolute Gasteiger partial charge is 0.127 e. The summed E-state index contributed by atoms with van der Waals surface area (Å²) in [4.78, 5) is 6.36. The molecule has 2 aromatic carbocycles. The number of benzene rings is 2. The molecule has 1 heterocycles. The molecule has 3 rings (SSSR count). The van der Waals surface area contributed by atoms with Crippen LogP contribution in [-0.2, 0) is 0 Å². The van der Waals surface area contributed by atoms with Crippen molar-refractivity contribution in [2.24, 2.45) is 10.2 Å². The minimum atomic E-state index is 0.624. The van der Waals surface area contributed by atoms with E-state index in [1.165, 1.54) is 11.3 Å². The fourth-order valence-corrected chi connectivity index (χ4v) is 3.10. The van der Waals surface area contributed by atoms with Crippen LogP contribution in [-0.4, -0.2) is 19.1 Å². The SMILES string of the molecule is CN(C)c1ccc(N=Nc2cccc(Cl)c2-c2nccs2)cc1. The lowest BCUT2D eigenvalue weighted by molar-refractivity contribution is 1.13. The highest BCUT2D eigenvalue weighted by atomic mass is 35.5. The molecule has 4 nitrogen and oxygen atoms in total. The lowest BCUT2D eigenvalue weighted by Crippen LogP contribution is -2.07. The van der Waals surface area contributed by atoms with Crippen molar-refractivity contribution in [2.75, 3.05) is 19.0 Å². The number of hydrogen-bond donors (Lipinski definition) is 0. The molecule has 0 radical (unpaired) electrons. The van der Waals surface area contributed by atoms with Gasteiger partial charge in [-0.25, -0.2) is 4.98 Å². The molecule has 1 aromatic heterocycles. The van der Waals surface area contributed by atoms with E-state index in [1.54, 1.807) is 6.20 Å². The summed E-state index contributed by atoms with van der Waals surface area (Å²) in [6, 6.07) is 13.5. The molecule has 0 spiro atoms. The van der Waals surface area contributed by atoms with Gasteiger partial charge in [0, 0.05) is 31.4 Å². The van der Waals surface area contributed by atoms with E-state index in [2.05, 4.69) is 15.2 Å². The van der Waals surface area contributed by atoms with Crippen LogP contribution < -0.4 is 4.90 Å². The Kier molecular flexibility index (Phi) is 4.69. The summed E-state index contributed by atoms with van der Waals surface area (Å²) in [7, 11) is 4.01. The van der Waals surface area contributed by atoms with E-state index in [0.29, 0.717) is 10.7 Å². The van der Waals surface area contributed by atoms with Gasteiger partial charge in [0.15, 0.2) is 0 Å². The third kappa shape index (κ3) is 3.57. The van der Waals surface area contributed by atoms with Crippen LogP contribution in [0.2, 0.25) is 5.02 Å². The Morgan fingerprint density at radius 3 is 2.48 bits per heavy atom. The molecule has 0 N–H and O–H groups in total. The van der Waals surface area contributed by atoms with Gasteiger partial charge in [-0.1, -0.05) is 17.7 Å². The van der Waals surface area contributed by atoms with E-state index >= 15 is 0 Å². The molecule has 0 unspecified atom stereocenters. The van der Waals surface area contributed by atoms with Gasteiger partial charge in [-0.05, 0) is 36.4 Å². The number of rotatable bonds is 4. The summed E-state index contributed by atoms with van der Waals surface area (Å²) in [6.07, 6.45) is 1.75. The standard InChI is InChI=1S/C17H15ClN4S/c1-22(2)13-8-6-12(7-9-13)20-21-15-5-3-4-14(18)16(15)17-19-10-11-23-17/h3-11H,1-2H3. The topological polar surface area (TPSA) is 40.9 Å². The van der Waals surface area contributed by atoms with Crippen molar-refractivity contribution in [2.45, 2.75) is 0 Å². The number of azo groups is 1. The van der Waals surface area contributed by atoms with Crippen molar-refractivity contribution in [3.05, 3.63) is 59.1 Å². The maximum atomic E-state index is 6.32. The second kappa shape index (κ2) is 6.89. The zero-order valence-corrected chi connectivity index (χ0v) is 14.3. The normalized spacial score (nSPS) is 11.1. The molecule has 3 aromatic rings. The van der Waals surface area contributed by atoms with Crippen molar-refractivity contribution < 1.29 is 0 Å². The molecule has 0 saturated heterocycles. The molecule has 116 valence electrons. The fraction of sp³-hybridized carbons (Fsp3) is 0.118. The van der Waals surface area contributed by atoms with Crippen molar-refractivity contribution in [1.29, 1.82) is 0 Å². The van der Waals surface area contributed by atoms with E-state index in [1.807, 2.05) is 66.8 Å². The van der Waals surface area contributed by atoms with Crippen molar-refractivity contribution in [3.8, 4) is 10.6 Å². The molecule has 0 fully saturated rings. The minimum absolute atomic E-state index is 0.624. The Hall–Kier alpha value is -2.24. The first-order valence-corrected chi connectivity index (χ1v) is 8.28. The summed E-state index contributed by atoms with van der Waals surface area (Å²) in [5, 5.41) is 12.1.